The predicted octanol–water partition coefficient (Wildman–Crippen LogP) is 4.67. The molecule has 0 bridgehead atoms. The van der Waals surface area contributed by atoms with Crippen LogP contribution < -0.4 is 10.2 Å². The van der Waals surface area contributed by atoms with Gasteiger partial charge in [0.1, 0.15) is 0 Å². The highest BCUT2D eigenvalue weighted by Gasteiger charge is 2.30. The zero-order valence-electron chi connectivity index (χ0n) is 14.1. The Balaban J connectivity index is 1.68. The third kappa shape index (κ3) is 4.60. The summed E-state index contributed by atoms with van der Waals surface area (Å²) in [4.78, 5) is 25.5. The van der Waals surface area contributed by atoms with Crippen LogP contribution in [0.25, 0.3) is 0 Å². The quantitative estimate of drug-likeness (QED) is 0.816. The van der Waals surface area contributed by atoms with Gasteiger partial charge in [-0.1, -0.05) is 29.8 Å². The van der Waals surface area contributed by atoms with Gasteiger partial charge in [-0.25, -0.2) is 0 Å². The Morgan fingerprint density at radius 3 is 2.59 bits per heavy atom. The van der Waals surface area contributed by atoms with Gasteiger partial charge in [0.25, 0.3) is 0 Å². The second-order valence-corrected chi connectivity index (χ2v) is 6.65. The van der Waals surface area contributed by atoms with Gasteiger partial charge < -0.3 is 10.2 Å². The van der Waals surface area contributed by atoms with Crippen LogP contribution in [0.2, 0.25) is 5.02 Å². The Kier molecular flexibility index (Phi) is 5.41. The van der Waals surface area contributed by atoms with Crippen LogP contribution in [0.3, 0.4) is 0 Å². The van der Waals surface area contributed by atoms with Crippen LogP contribution in [-0.2, 0) is 22.2 Å². The van der Waals surface area contributed by atoms with E-state index < -0.39 is 17.6 Å². The first kappa shape index (κ1) is 19.2. The molecule has 1 fully saturated rings. The van der Waals surface area contributed by atoms with E-state index in [1.165, 1.54) is 18.2 Å². The Bertz CT molecular complexity index is 883. The van der Waals surface area contributed by atoms with Crippen LogP contribution in [0.15, 0.2) is 42.5 Å². The van der Waals surface area contributed by atoms with Crippen LogP contribution in [-0.4, -0.2) is 18.4 Å². The van der Waals surface area contributed by atoms with E-state index in [1.807, 2.05) is 0 Å². The Labute approximate surface area is 158 Å². The molecule has 0 atom stereocenters. The molecule has 27 heavy (non-hydrogen) atoms. The van der Waals surface area contributed by atoms with Gasteiger partial charge in [-0.2, -0.15) is 13.2 Å². The standard InChI is InChI=1S/C19H16ClF3N2O2/c20-15-11-14(6-7-16(15)25-8-2-5-18(25)27)24-17(26)10-12-3-1-4-13(9-12)19(21,22)23/h1,3-4,6-7,9,11H,2,5,8,10H2,(H,24,26). The summed E-state index contributed by atoms with van der Waals surface area (Å²) in [5.41, 5.74) is 0.450. The van der Waals surface area contributed by atoms with Crippen molar-refractivity contribution in [2.45, 2.75) is 25.4 Å². The van der Waals surface area contributed by atoms with Gasteiger partial charge in [-0.3, -0.25) is 9.59 Å². The molecule has 0 aromatic heterocycles. The van der Waals surface area contributed by atoms with Gasteiger partial charge in [0, 0.05) is 18.7 Å². The molecule has 3 rings (SSSR count). The molecule has 0 unspecified atom stereocenters. The number of amides is 2. The lowest BCUT2D eigenvalue weighted by Gasteiger charge is -2.18. The first-order valence-electron chi connectivity index (χ1n) is 8.30. The molecule has 0 spiro atoms. The summed E-state index contributed by atoms with van der Waals surface area (Å²) in [6.45, 7) is 0.597. The molecule has 1 heterocycles. The number of hydrogen-bond acceptors (Lipinski definition) is 2. The molecule has 1 aliphatic heterocycles. The number of benzene rings is 2. The van der Waals surface area contributed by atoms with Crippen molar-refractivity contribution >= 4 is 34.8 Å². The van der Waals surface area contributed by atoms with Gasteiger partial charge in [0.2, 0.25) is 11.8 Å². The molecular weight excluding hydrogens is 381 g/mol. The fourth-order valence-electron chi connectivity index (χ4n) is 2.95. The highest BCUT2D eigenvalue weighted by Crippen LogP contribution is 2.32. The van der Waals surface area contributed by atoms with E-state index in [0.717, 1.165) is 18.6 Å². The Morgan fingerprint density at radius 1 is 1.19 bits per heavy atom. The highest BCUT2D eigenvalue weighted by molar-refractivity contribution is 6.34. The molecule has 142 valence electrons. The zero-order valence-corrected chi connectivity index (χ0v) is 14.9. The lowest BCUT2D eigenvalue weighted by molar-refractivity contribution is -0.137. The topological polar surface area (TPSA) is 49.4 Å². The highest BCUT2D eigenvalue weighted by atomic mass is 35.5. The minimum absolute atomic E-state index is 0.00164. The summed E-state index contributed by atoms with van der Waals surface area (Å²) in [7, 11) is 0. The molecule has 1 N–H and O–H groups in total. The van der Waals surface area contributed by atoms with Crippen molar-refractivity contribution in [3.63, 3.8) is 0 Å². The average molecular weight is 397 g/mol. The monoisotopic (exact) mass is 396 g/mol. The van der Waals surface area contributed by atoms with Crippen LogP contribution in [0.5, 0.6) is 0 Å². The zero-order chi connectivity index (χ0) is 19.6. The molecule has 8 heteroatoms. The maximum atomic E-state index is 12.7. The number of carbonyl (C=O) groups is 2. The van der Waals surface area contributed by atoms with Crippen molar-refractivity contribution in [3.05, 3.63) is 58.6 Å². The van der Waals surface area contributed by atoms with E-state index >= 15 is 0 Å². The largest absolute Gasteiger partial charge is 0.416 e. The van der Waals surface area contributed by atoms with Crippen molar-refractivity contribution in [1.29, 1.82) is 0 Å². The van der Waals surface area contributed by atoms with E-state index in [9.17, 15) is 22.8 Å². The van der Waals surface area contributed by atoms with Gasteiger partial charge in [-0.05, 0) is 36.2 Å². The normalized spacial score (nSPS) is 14.5. The molecule has 0 radical (unpaired) electrons. The number of halogens is 4. The van der Waals surface area contributed by atoms with Crippen molar-refractivity contribution in [2.75, 3.05) is 16.8 Å². The fraction of sp³-hybridized carbons (Fsp3) is 0.263. The number of rotatable bonds is 4. The summed E-state index contributed by atoms with van der Waals surface area (Å²) < 4.78 is 38.2. The number of carbonyl (C=O) groups excluding carboxylic acids is 2. The van der Waals surface area contributed by atoms with E-state index in [0.29, 0.717) is 29.4 Å². The van der Waals surface area contributed by atoms with Crippen molar-refractivity contribution in [3.8, 4) is 0 Å². The average Bonchev–Trinajstić information content (AvgIpc) is 3.00. The number of nitrogens with one attached hydrogen (secondary N) is 1. The number of alkyl halides is 3. The maximum absolute atomic E-state index is 12.7. The molecule has 1 aliphatic rings. The second-order valence-electron chi connectivity index (χ2n) is 6.24. The van der Waals surface area contributed by atoms with Crippen molar-refractivity contribution < 1.29 is 22.8 Å². The molecule has 2 aromatic carbocycles. The van der Waals surface area contributed by atoms with Crippen molar-refractivity contribution in [2.24, 2.45) is 0 Å². The fourth-order valence-corrected chi connectivity index (χ4v) is 3.24. The van der Waals surface area contributed by atoms with Gasteiger partial charge >= 0.3 is 6.18 Å². The molecule has 0 saturated carbocycles. The minimum Gasteiger partial charge on any atom is -0.326 e. The summed E-state index contributed by atoms with van der Waals surface area (Å²) in [6, 6.07) is 9.41. The molecule has 1 saturated heterocycles. The van der Waals surface area contributed by atoms with Gasteiger partial charge in [0.05, 0.1) is 22.7 Å². The first-order valence-corrected chi connectivity index (χ1v) is 8.68. The van der Waals surface area contributed by atoms with Gasteiger partial charge in [0.15, 0.2) is 0 Å². The Morgan fingerprint density at radius 2 is 1.96 bits per heavy atom. The van der Waals surface area contributed by atoms with E-state index in [1.54, 1.807) is 17.0 Å². The van der Waals surface area contributed by atoms with Crippen LogP contribution in [0.1, 0.15) is 24.0 Å². The third-order valence-electron chi connectivity index (χ3n) is 4.21. The van der Waals surface area contributed by atoms with Crippen molar-refractivity contribution in [1.82, 2.24) is 0 Å². The number of hydrogen-bond donors (Lipinski definition) is 1. The third-order valence-corrected chi connectivity index (χ3v) is 4.52. The minimum atomic E-state index is -4.46. The van der Waals surface area contributed by atoms with Crippen LogP contribution in [0, 0.1) is 0 Å². The Hall–Kier alpha value is -2.54. The molecule has 4 nitrogen and oxygen atoms in total. The van der Waals surface area contributed by atoms with Crippen LogP contribution >= 0.6 is 11.6 Å². The number of nitrogens with zero attached hydrogens (tertiary/aromatic N) is 1. The van der Waals surface area contributed by atoms with E-state index in [-0.39, 0.29) is 17.9 Å². The summed E-state index contributed by atoms with van der Waals surface area (Å²) in [5, 5.41) is 2.93. The second kappa shape index (κ2) is 7.60. The van der Waals surface area contributed by atoms with E-state index in [4.69, 9.17) is 11.6 Å². The molecule has 2 amide bonds. The SMILES string of the molecule is O=C(Cc1cccc(C(F)(F)F)c1)Nc1ccc(N2CCCC2=O)c(Cl)c1. The summed E-state index contributed by atoms with van der Waals surface area (Å²) in [5.74, 6) is -0.464. The number of anilines is 2. The van der Waals surface area contributed by atoms with E-state index in [2.05, 4.69) is 5.32 Å². The lowest BCUT2D eigenvalue weighted by atomic mass is 10.1. The lowest BCUT2D eigenvalue weighted by Crippen LogP contribution is -2.24. The predicted molar refractivity (Wildman–Crippen MR) is 96.8 cm³/mol. The smallest absolute Gasteiger partial charge is 0.326 e. The van der Waals surface area contributed by atoms with Crippen LogP contribution in [0.4, 0.5) is 24.5 Å². The maximum Gasteiger partial charge on any atom is 0.416 e. The molecule has 0 aliphatic carbocycles. The molecular formula is C19H16ClF3N2O2. The van der Waals surface area contributed by atoms with Gasteiger partial charge in [-0.15, -0.1) is 0 Å². The summed E-state index contributed by atoms with van der Waals surface area (Å²) >= 11 is 6.22. The first-order chi connectivity index (χ1) is 12.7. The molecule has 2 aromatic rings. The summed E-state index contributed by atoms with van der Waals surface area (Å²) in [6.07, 6.45) is -3.41.